The third kappa shape index (κ3) is 5.69. The van der Waals surface area contributed by atoms with Crippen molar-refractivity contribution in [3.8, 4) is 5.75 Å². The zero-order chi connectivity index (χ0) is 25.6. The Bertz CT molecular complexity index is 1040. The van der Waals surface area contributed by atoms with E-state index in [1.807, 2.05) is 20.8 Å². The molecule has 4 rings (SSSR count). The van der Waals surface area contributed by atoms with Crippen molar-refractivity contribution < 1.29 is 40.0 Å². The summed E-state index contributed by atoms with van der Waals surface area (Å²) in [5.74, 6) is -0.392. The van der Waals surface area contributed by atoms with Crippen LogP contribution < -0.4 is 4.18 Å². The molecule has 196 valence electrons. The number of likely N-dealkylation sites (tertiary alicyclic amines) is 2. The maximum Gasteiger partial charge on any atom is 0.534 e. The van der Waals surface area contributed by atoms with Crippen molar-refractivity contribution in [2.45, 2.75) is 68.7 Å². The van der Waals surface area contributed by atoms with Crippen LogP contribution in [0.4, 0.5) is 18.0 Å². The van der Waals surface area contributed by atoms with E-state index in [-0.39, 0.29) is 29.4 Å². The molecule has 1 atom stereocenters. The predicted octanol–water partition coefficient (Wildman–Crippen LogP) is 3.87. The van der Waals surface area contributed by atoms with E-state index in [4.69, 9.17) is 9.47 Å². The van der Waals surface area contributed by atoms with Gasteiger partial charge in [-0.3, -0.25) is 4.90 Å². The molecule has 0 unspecified atom stereocenters. The van der Waals surface area contributed by atoms with E-state index in [2.05, 4.69) is 9.08 Å². The third-order valence-electron chi connectivity index (χ3n) is 6.69. The maximum absolute atomic E-state index is 12.8. The van der Waals surface area contributed by atoms with Crippen LogP contribution in [0.1, 0.15) is 51.5 Å². The van der Waals surface area contributed by atoms with E-state index in [9.17, 15) is 26.4 Å². The van der Waals surface area contributed by atoms with Crippen molar-refractivity contribution in [2.75, 3.05) is 32.8 Å². The normalized spacial score (nSPS) is 23.8. The van der Waals surface area contributed by atoms with Gasteiger partial charge in [0.1, 0.15) is 17.0 Å². The molecule has 1 amide bonds. The van der Waals surface area contributed by atoms with Gasteiger partial charge in [-0.2, -0.15) is 21.6 Å². The summed E-state index contributed by atoms with van der Waals surface area (Å²) in [5.41, 5.74) is -5.93. The quantitative estimate of drug-likeness (QED) is 0.440. The second-order valence-corrected chi connectivity index (χ2v) is 12.1. The molecule has 0 aliphatic carbocycles. The van der Waals surface area contributed by atoms with Gasteiger partial charge < -0.3 is 18.6 Å². The van der Waals surface area contributed by atoms with Crippen molar-refractivity contribution in [2.24, 2.45) is 0 Å². The molecule has 3 aliphatic rings. The van der Waals surface area contributed by atoms with Crippen molar-refractivity contribution >= 4 is 16.2 Å². The molecule has 0 saturated carbocycles. The van der Waals surface area contributed by atoms with Gasteiger partial charge in [0, 0.05) is 6.04 Å². The first kappa shape index (κ1) is 26.0. The number of piperidine rings is 1. The molecule has 0 bridgehead atoms. The SMILES string of the molecule is CC(C)(C)OC(=O)N1CC2(C[C@H](N3CCC(c4ccccc4OS(=O)(=O)C(F)(F)F)CC3)CO2)C1. The average Bonchev–Trinajstić information content (AvgIpc) is 3.17. The number of rotatable bonds is 4. The van der Waals surface area contributed by atoms with E-state index in [1.54, 1.807) is 17.0 Å². The van der Waals surface area contributed by atoms with Crippen LogP contribution >= 0.6 is 0 Å². The van der Waals surface area contributed by atoms with Gasteiger partial charge in [-0.1, -0.05) is 18.2 Å². The average molecular weight is 521 g/mol. The molecule has 1 spiro atoms. The van der Waals surface area contributed by atoms with E-state index in [0.717, 1.165) is 6.42 Å². The Kier molecular flexibility index (Phi) is 6.78. The molecule has 12 heteroatoms. The molecular formula is C23H31F3N2O6S. The second-order valence-electron chi connectivity index (χ2n) is 10.5. The molecule has 1 aromatic carbocycles. The molecule has 3 fully saturated rings. The van der Waals surface area contributed by atoms with Gasteiger partial charge in [-0.15, -0.1) is 0 Å². The minimum Gasteiger partial charge on any atom is -0.444 e. The lowest BCUT2D eigenvalue weighted by atomic mass is 9.86. The Morgan fingerprint density at radius 1 is 1.11 bits per heavy atom. The summed E-state index contributed by atoms with van der Waals surface area (Å²) in [6, 6.07) is 6.18. The molecule has 0 N–H and O–H groups in total. The van der Waals surface area contributed by atoms with Gasteiger partial charge in [0.15, 0.2) is 0 Å². The predicted molar refractivity (Wildman–Crippen MR) is 120 cm³/mol. The van der Waals surface area contributed by atoms with Crippen molar-refractivity contribution in [3.63, 3.8) is 0 Å². The van der Waals surface area contributed by atoms with E-state index >= 15 is 0 Å². The monoisotopic (exact) mass is 520 g/mol. The Hall–Kier alpha value is -2.05. The third-order valence-corrected chi connectivity index (χ3v) is 7.65. The number of hydrogen-bond acceptors (Lipinski definition) is 7. The molecule has 8 nitrogen and oxygen atoms in total. The summed E-state index contributed by atoms with van der Waals surface area (Å²) in [6.45, 7) is 8.41. The molecular weight excluding hydrogens is 489 g/mol. The Morgan fingerprint density at radius 2 is 1.74 bits per heavy atom. The number of nitrogens with zero attached hydrogens (tertiary/aromatic N) is 2. The summed E-state index contributed by atoms with van der Waals surface area (Å²) < 4.78 is 77.4. The van der Waals surface area contributed by atoms with Gasteiger partial charge >= 0.3 is 21.7 Å². The minimum atomic E-state index is -5.73. The van der Waals surface area contributed by atoms with Crippen LogP contribution in [0.2, 0.25) is 0 Å². The number of carbonyl (C=O) groups is 1. The van der Waals surface area contributed by atoms with Crippen molar-refractivity contribution in [1.29, 1.82) is 0 Å². The number of amides is 1. The van der Waals surface area contributed by atoms with E-state index in [1.165, 1.54) is 12.1 Å². The number of ether oxygens (including phenoxy) is 2. The largest absolute Gasteiger partial charge is 0.534 e. The highest BCUT2D eigenvalue weighted by molar-refractivity contribution is 7.88. The van der Waals surface area contributed by atoms with Crippen LogP contribution in [0.25, 0.3) is 0 Å². The highest BCUT2D eigenvalue weighted by Gasteiger charge is 2.53. The maximum atomic E-state index is 12.8. The summed E-state index contributed by atoms with van der Waals surface area (Å²) in [5, 5.41) is 0. The van der Waals surface area contributed by atoms with E-state index in [0.29, 0.717) is 51.2 Å². The zero-order valence-electron chi connectivity index (χ0n) is 20.0. The molecule has 3 saturated heterocycles. The van der Waals surface area contributed by atoms with Gasteiger partial charge in [0.25, 0.3) is 0 Å². The number of carbonyl (C=O) groups excluding carboxylic acids is 1. The second kappa shape index (κ2) is 9.11. The molecule has 35 heavy (non-hydrogen) atoms. The van der Waals surface area contributed by atoms with Gasteiger partial charge in [0.2, 0.25) is 0 Å². The molecule has 1 aromatic rings. The summed E-state index contributed by atoms with van der Waals surface area (Å²) in [4.78, 5) is 16.2. The molecule has 0 aromatic heterocycles. The number of halogens is 3. The summed E-state index contributed by atoms with van der Waals surface area (Å²) in [7, 11) is -5.73. The first-order chi connectivity index (χ1) is 16.2. The highest BCUT2D eigenvalue weighted by Crippen LogP contribution is 2.41. The molecule has 3 heterocycles. The standard InChI is InChI=1S/C23H31F3N2O6S/c1-21(2,3)33-20(29)28-14-22(15-28)12-17(13-32-22)27-10-8-16(9-11-27)18-6-4-5-7-19(18)34-35(30,31)23(24,25)26/h4-7,16-17H,8-15H2,1-3H3/t17-/m0/s1. The van der Waals surface area contributed by atoms with Crippen LogP contribution in [0.5, 0.6) is 5.75 Å². The Balaban J connectivity index is 1.31. The number of hydrogen-bond donors (Lipinski definition) is 0. The fraction of sp³-hybridized carbons (Fsp3) is 0.696. The number of alkyl halides is 3. The van der Waals surface area contributed by atoms with Crippen molar-refractivity contribution in [1.82, 2.24) is 9.80 Å². The molecule has 0 radical (unpaired) electrons. The Labute approximate surface area is 203 Å². The van der Waals surface area contributed by atoms with Crippen LogP contribution in [0, 0.1) is 0 Å². The summed E-state index contributed by atoms with van der Waals surface area (Å²) >= 11 is 0. The minimum absolute atomic E-state index is 0.117. The van der Waals surface area contributed by atoms with Crippen LogP contribution in [0.15, 0.2) is 24.3 Å². The van der Waals surface area contributed by atoms with Gasteiger partial charge in [0.05, 0.1) is 19.7 Å². The fourth-order valence-electron chi connectivity index (χ4n) is 5.01. The fourth-order valence-corrected chi connectivity index (χ4v) is 5.50. The number of para-hydroxylation sites is 1. The lowest BCUT2D eigenvalue weighted by Gasteiger charge is -2.47. The Morgan fingerprint density at radius 3 is 2.34 bits per heavy atom. The van der Waals surface area contributed by atoms with Crippen molar-refractivity contribution in [3.05, 3.63) is 29.8 Å². The first-order valence-electron chi connectivity index (χ1n) is 11.6. The van der Waals surface area contributed by atoms with Crippen LogP contribution in [-0.2, 0) is 19.6 Å². The summed E-state index contributed by atoms with van der Waals surface area (Å²) in [6.07, 6.45) is 1.75. The molecule has 3 aliphatic heterocycles. The zero-order valence-corrected chi connectivity index (χ0v) is 20.8. The highest BCUT2D eigenvalue weighted by atomic mass is 32.2. The van der Waals surface area contributed by atoms with Gasteiger partial charge in [-0.25, -0.2) is 4.79 Å². The van der Waals surface area contributed by atoms with Crippen LogP contribution in [-0.4, -0.2) is 79.8 Å². The van der Waals surface area contributed by atoms with Crippen LogP contribution in [0.3, 0.4) is 0 Å². The smallest absolute Gasteiger partial charge is 0.444 e. The topological polar surface area (TPSA) is 85.4 Å². The lowest BCUT2D eigenvalue weighted by molar-refractivity contribution is -0.109. The van der Waals surface area contributed by atoms with E-state index < -0.39 is 21.2 Å². The lowest BCUT2D eigenvalue weighted by Crippen LogP contribution is -2.64. The number of benzene rings is 1. The van der Waals surface area contributed by atoms with Gasteiger partial charge in [-0.05, 0) is 70.7 Å². The first-order valence-corrected chi connectivity index (χ1v) is 13.0.